The molecule has 6 rings (SSSR count). The predicted octanol–water partition coefficient (Wildman–Crippen LogP) is 5.10. The molecule has 11 heteroatoms. The van der Waals surface area contributed by atoms with E-state index in [-0.39, 0.29) is 23.3 Å². The summed E-state index contributed by atoms with van der Waals surface area (Å²) in [5, 5.41) is 12.2. The summed E-state index contributed by atoms with van der Waals surface area (Å²) in [5.74, 6) is 0.955. The fraction of sp³-hybridized carbons (Fsp3) is 0.400. The van der Waals surface area contributed by atoms with Crippen LogP contribution in [-0.2, 0) is 17.9 Å². The zero-order valence-electron chi connectivity index (χ0n) is 23.2. The molecule has 2 atom stereocenters. The van der Waals surface area contributed by atoms with Crippen molar-refractivity contribution in [2.24, 2.45) is 5.92 Å². The number of nitrogens with one attached hydrogen (secondary N) is 1. The van der Waals surface area contributed by atoms with Gasteiger partial charge in [-0.3, -0.25) is 19.2 Å². The van der Waals surface area contributed by atoms with Gasteiger partial charge in [0, 0.05) is 29.9 Å². The monoisotopic (exact) mass is 576 g/mol. The standard InChI is InChI=1S/C30H33ClN6O4/c1-3-40-25-13-12-21(31)17-23(25)29-34-33-28(41-29)20-9-7-8-19(16-20)27(38)32-26-24-18-35(2)14-15-36(24)37(30(26)39)22-10-5-4-6-11-22/h4-6,10-13,17,19-20H,3,7-9,14-16,18H2,1-2H3,(H,32,38)/t19-,20?/m1/s1. The molecule has 1 aliphatic carbocycles. The molecule has 0 saturated heterocycles. The van der Waals surface area contributed by atoms with E-state index in [1.165, 1.54) is 0 Å². The number of likely N-dealkylation sites (N-methyl/N-ethyl adjacent to an activating group) is 1. The van der Waals surface area contributed by atoms with Crippen LogP contribution in [0.4, 0.5) is 5.69 Å². The van der Waals surface area contributed by atoms with E-state index in [1.54, 1.807) is 22.9 Å². The molecule has 214 valence electrons. The van der Waals surface area contributed by atoms with Crippen molar-refractivity contribution in [1.82, 2.24) is 24.5 Å². The van der Waals surface area contributed by atoms with Crippen LogP contribution in [0.2, 0.25) is 5.02 Å². The molecular weight excluding hydrogens is 544 g/mol. The van der Waals surface area contributed by atoms with Crippen molar-refractivity contribution in [3.8, 4) is 22.9 Å². The molecule has 2 aromatic heterocycles. The number of carbonyl (C=O) groups excluding carboxylic acids is 1. The number of aromatic nitrogens is 4. The Bertz CT molecular complexity index is 1610. The van der Waals surface area contributed by atoms with E-state index in [4.69, 9.17) is 20.8 Å². The summed E-state index contributed by atoms with van der Waals surface area (Å²) in [6.07, 6.45) is 2.97. The quantitative estimate of drug-likeness (QED) is 0.326. The smallest absolute Gasteiger partial charge is 0.295 e. The topological polar surface area (TPSA) is 107 Å². The Balaban J connectivity index is 1.23. The van der Waals surface area contributed by atoms with E-state index >= 15 is 0 Å². The fourth-order valence-corrected chi connectivity index (χ4v) is 6.04. The predicted molar refractivity (Wildman–Crippen MR) is 156 cm³/mol. The van der Waals surface area contributed by atoms with Gasteiger partial charge in [0.25, 0.3) is 11.4 Å². The zero-order valence-corrected chi connectivity index (χ0v) is 23.9. The Morgan fingerprint density at radius 1 is 1.15 bits per heavy atom. The minimum Gasteiger partial charge on any atom is -0.493 e. The van der Waals surface area contributed by atoms with Crippen LogP contribution >= 0.6 is 11.6 Å². The van der Waals surface area contributed by atoms with Crippen LogP contribution in [0.25, 0.3) is 17.1 Å². The van der Waals surface area contributed by atoms with Gasteiger partial charge >= 0.3 is 0 Å². The number of para-hydroxylation sites is 1. The second kappa shape index (κ2) is 11.5. The Morgan fingerprint density at radius 2 is 1.98 bits per heavy atom. The lowest BCUT2D eigenvalue weighted by atomic mass is 9.81. The van der Waals surface area contributed by atoms with E-state index < -0.39 is 0 Å². The van der Waals surface area contributed by atoms with Gasteiger partial charge in [0.1, 0.15) is 11.4 Å². The number of nitrogens with zero attached hydrogens (tertiary/aromatic N) is 5. The maximum atomic E-state index is 13.7. The maximum Gasteiger partial charge on any atom is 0.295 e. The summed E-state index contributed by atoms with van der Waals surface area (Å²) in [5.41, 5.74) is 2.39. The van der Waals surface area contributed by atoms with Crippen LogP contribution in [0.5, 0.6) is 5.75 Å². The third-order valence-corrected chi connectivity index (χ3v) is 8.15. The normalized spacial score (nSPS) is 19.1. The number of hydrogen-bond acceptors (Lipinski definition) is 7. The summed E-state index contributed by atoms with van der Waals surface area (Å²) < 4.78 is 15.5. The van der Waals surface area contributed by atoms with Crippen molar-refractivity contribution >= 4 is 23.2 Å². The van der Waals surface area contributed by atoms with Crippen LogP contribution in [0.3, 0.4) is 0 Å². The van der Waals surface area contributed by atoms with Crippen molar-refractivity contribution in [3.63, 3.8) is 0 Å². The number of fused-ring (bicyclic) bond motifs is 1. The average Bonchev–Trinajstić information content (AvgIpc) is 3.58. The molecule has 41 heavy (non-hydrogen) atoms. The molecule has 0 bridgehead atoms. The van der Waals surface area contributed by atoms with Gasteiger partial charge < -0.3 is 14.5 Å². The number of carbonyl (C=O) groups is 1. The Kier molecular flexibility index (Phi) is 7.68. The van der Waals surface area contributed by atoms with Gasteiger partial charge in [0.15, 0.2) is 0 Å². The lowest BCUT2D eigenvalue weighted by molar-refractivity contribution is -0.121. The third-order valence-electron chi connectivity index (χ3n) is 7.92. The van der Waals surface area contributed by atoms with Crippen molar-refractivity contribution < 1.29 is 13.9 Å². The number of ether oxygens (including phenoxy) is 1. The SMILES string of the molecule is CCOc1ccc(Cl)cc1-c1nnc(C2CCC[C@@H](C(=O)Nc3c4n(n(-c5ccccc5)c3=O)CCN(C)C4)C2)o1. The van der Waals surface area contributed by atoms with Crippen LogP contribution in [0.1, 0.15) is 50.1 Å². The minimum atomic E-state index is -0.282. The maximum absolute atomic E-state index is 13.7. The number of rotatable bonds is 7. The highest BCUT2D eigenvalue weighted by atomic mass is 35.5. The van der Waals surface area contributed by atoms with E-state index in [0.29, 0.717) is 59.9 Å². The summed E-state index contributed by atoms with van der Waals surface area (Å²) in [6, 6.07) is 14.8. The van der Waals surface area contributed by atoms with Crippen LogP contribution in [-0.4, -0.2) is 50.6 Å². The summed E-state index contributed by atoms with van der Waals surface area (Å²) in [4.78, 5) is 29.4. The molecule has 1 unspecified atom stereocenters. The fourth-order valence-electron chi connectivity index (χ4n) is 5.87. The lowest BCUT2D eigenvalue weighted by Crippen LogP contribution is -2.33. The number of halogens is 1. The molecule has 1 fully saturated rings. The lowest BCUT2D eigenvalue weighted by Gasteiger charge is -2.27. The largest absolute Gasteiger partial charge is 0.493 e. The molecule has 2 aliphatic rings. The highest BCUT2D eigenvalue weighted by molar-refractivity contribution is 6.30. The van der Waals surface area contributed by atoms with E-state index in [0.717, 1.165) is 37.2 Å². The van der Waals surface area contributed by atoms with Gasteiger partial charge in [-0.15, -0.1) is 10.2 Å². The minimum absolute atomic E-state index is 0.0643. The van der Waals surface area contributed by atoms with Gasteiger partial charge in [-0.1, -0.05) is 36.2 Å². The highest BCUT2D eigenvalue weighted by Crippen LogP contribution is 2.39. The first-order chi connectivity index (χ1) is 19.9. The van der Waals surface area contributed by atoms with Gasteiger partial charge in [-0.25, -0.2) is 4.68 Å². The van der Waals surface area contributed by atoms with Gasteiger partial charge in [-0.05, 0) is 63.6 Å². The second-order valence-corrected chi connectivity index (χ2v) is 11.1. The van der Waals surface area contributed by atoms with Gasteiger partial charge in [-0.2, -0.15) is 0 Å². The summed E-state index contributed by atoms with van der Waals surface area (Å²) in [7, 11) is 2.02. The number of anilines is 1. The average molecular weight is 577 g/mol. The molecule has 2 aromatic carbocycles. The van der Waals surface area contributed by atoms with Crippen LogP contribution in [0.15, 0.2) is 57.7 Å². The molecule has 1 aliphatic heterocycles. The molecule has 0 spiro atoms. The van der Waals surface area contributed by atoms with E-state index in [2.05, 4.69) is 20.4 Å². The zero-order chi connectivity index (χ0) is 28.5. The molecule has 1 saturated carbocycles. The first-order valence-corrected chi connectivity index (χ1v) is 14.5. The summed E-state index contributed by atoms with van der Waals surface area (Å²) in [6.45, 7) is 4.46. The molecule has 1 amide bonds. The second-order valence-electron chi connectivity index (χ2n) is 10.7. The molecule has 1 N–H and O–H groups in total. The number of benzene rings is 2. The Hall–Kier alpha value is -3.89. The van der Waals surface area contributed by atoms with E-state index in [1.807, 2.05) is 49.0 Å². The molecule has 3 heterocycles. The third kappa shape index (κ3) is 5.41. The Morgan fingerprint density at radius 3 is 2.78 bits per heavy atom. The molecule has 10 nitrogen and oxygen atoms in total. The Labute approximate surface area is 242 Å². The molecular formula is C30H33ClN6O4. The van der Waals surface area contributed by atoms with Crippen molar-refractivity contribution in [2.75, 3.05) is 25.5 Å². The molecule has 0 radical (unpaired) electrons. The van der Waals surface area contributed by atoms with Crippen LogP contribution < -0.4 is 15.6 Å². The van der Waals surface area contributed by atoms with Crippen molar-refractivity contribution in [1.29, 1.82) is 0 Å². The number of amides is 1. The van der Waals surface area contributed by atoms with Crippen molar-refractivity contribution in [2.45, 2.75) is 51.6 Å². The van der Waals surface area contributed by atoms with Crippen LogP contribution in [0, 0.1) is 5.92 Å². The summed E-state index contributed by atoms with van der Waals surface area (Å²) >= 11 is 6.22. The van der Waals surface area contributed by atoms with Gasteiger partial charge in [0.2, 0.25) is 11.8 Å². The first kappa shape index (κ1) is 27.3. The number of hydrogen-bond donors (Lipinski definition) is 1. The van der Waals surface area contributed by atoms with Crippen molar-refractivity contribution in [3.05, 3.63) is 75.5 Å². The highest BCUT2D eigenvalue weighted by Gasteiger charge is 2.34. The molecule has 4 aromatic rings. The van der Waals surface area contributed by atoms with Gasteiger partial charge in [0.05, 0.1) is 30.1 Å². The first-order valence-electron chi connectivity index (χ1n) is 14.1. The van der Waals surface area contributed by atoms with E-state index in [9.17, 15) is 9.59 Å².